The first-order valence-electron chi connectivity index (χ1n) is 3.76. The number of nitrogens with one attached hydrogen (secondary N) is 1. The summed E-state index contributed by atoms with van der Waals surface area (Å²) in [6.07, 6.45) is 1.12. The topological polar surface area (TPSA) is 49.3 Å². The van der Waals surface area contributed by atoms with Gasteiger partial charge in [-0.15, -0.1) is 0 Å². The normalized spacial score (nSPS) is 9.55. The predicted molar refractivity (Wildman–Crippen MR) is 44.6 cm³/mol. The maximum Gasteiger partial charge on any atom is 0.304 e. The van der Waals surface area contributed by atoms with Crippen molar-refractivity contribution in [1.29, 1.82) is 0 Å². The molecule has 0 aromatic carbocycles. The zero-order valence-electron chi connectivity index (χ0n) is 6.89. The first kappa shape index (κ1) is 10.2. The molecule has 64 valence electrons. The molecule has 0 spiro atoms. The molecule has 0 fully saturated rings. The zero-order valence-corrected chi connectivity index (χ0v) is 6.89. The highest BCUT2D eigenvalue weighted by atomic mass is 16.4. The van der Waals surface area contributed by atoms with E-state index in [4.69, 9.17) is 5.11 Å². The van der Waals surface area contributed by atoms with Gasteiger partial charge >= 0.3 is 5.97 Å². The lowest BCUT2D eigenvalue weighted by Crippen LogP contribution is -2.20. The van der Waals surface area contributed by atoms with Gasteiger partial charge in [0.1, 0.15) is 0 Å². The average Bonchev–Trinajstić information content (AvgIpc) is 1.97. The number of hydrogen-bond donors (Lipinski definition) is 2. The maximum absolute atomic E-state index is 10.1. The van der Waals surface area contributed by atoms with Crippen LogP contribution < -0.4 is 5.32 Å². The third-order valence-electron chi connectivity index (χ3n) is 1.39. The van der Waals surface area contributed by atoms with Crippen LogP contribution in [0.2, 0.25) is 0 Å². The van der Waals surface area contributed by atoms with Gasteiger partial charge in [0.25, 0.3) is 0 Å². The van der Waals surface area contributed by atoms with E-state index in [-0.39, 0.29) is 6.42 Å². The van der Waals surface area contributed by atoms with Crippen LogP contribution in [0.5, 0.6) is 0 Å². The molecule has 0 aromatic heterocycles. The molecular weight excluding hydrogens is 142 g/mol. The van der Waals surface area contributed by atoms with Gasteiger partial charge in [0.05, 0.1) is 6.42 Å². The Morgan fingerprint density at radius 1 is 1.64 bits per heavy atom. The molecule has 3 nitrogen and oxygen atoms in total. The van der Waals surface area contributed by atoms with Crippen LogP contribution >= 0.6 is 0 Å². The van der Waals surface area contributed by atoms with Crippen LogP contribution in [0.25, 0.3) is 0 Å². The quantitative estimate of drug-likeness (QED) is 0.447. The molecule has 0 radical (unpaired) electrons. The first-order valence-corrected chi connectivity index (χ1v) is 3.76. The fourth-order valence-corrected chi connectivity index (χ4v) is 0.585. The third-order valence-corrected chi connectivity index (χ3v) is 1.39. The number of hydrogen-bond acceptors (Lipinski definition) is 2. The van der Waals surface area contributed by atoms with Gasteiger partial charge in [-0.3, -0.25) is 4.79 Å². The van der Waals surface area contributed by atoms with Crippen molar-refractivity contribution in [2.24, 2.45) is 0 Å². The van der Waals surface area contributed by atoms with E-state index < -0.39 is 5.97 Å². The summed E-state index contributed by atoms with van der Waals surface area (Å²) in [7, 11) is 0. The minimum absolute atomic E-state index is 0.178. The molecule has 2 N–H and O–H groups in total. The fraction of sp³-hybridized carbons (Fsp3) is 0.625. The summed E-state index contributed by atoms with van der Waals surface area (Å²) in [5.74, 6) is -0.764. The van der Waals surface area contributed by atoms with Crippen molar-refractivity contribution in [3.05, 3.63) is 12.2 Å². The monoisotopic (exact) mass is 157 g/mol. The lowest BCUT2D eigenvalue weighted by Gasteiger charge is -2.02. The van der Waals surface area contributed by atoms with Crippen molar-refractivity contribution in [3.63, 3.8) is 0 Å². The number of aliphatic carboxylic acids is 1. The predicted octanol–water partition coefficient (Wildman–Crippen LogP) is 1.02. The van der Waals surface area contributed by atoms with Crippen molar-refractivity contribution in [3.8, 4) is 0 Å². The Morgan fingerprint density at radius 3 is 2.73 bits per heavy atom. The summed E-state index contributed by atoms with van der Waals surface area (Å²) in [5.41, 5.74) is 1.11. The van der Waals surface area contributed by atoms with Crippen LogP contribution in [0.1, 0.15) is 19.8 Å². The second-order valence-corrected chi connectivity index (χ2v) is 2.42. The maximum atomic E-state index is 10.1. The Kier molecular flexibility index (Phi) is 5.47. The van der Waals surface area contributed by atoms with Gasteiger partial charge in [-0.25, -0.2) is 0 Å². The van der Waals surface area contributed by atoms with Gasteiger partial charge in [-0.2, -0.15) is 0 Å². The number of carbonyl (C=O) groups is 1. The van der Waals surface area contributed by atoms with E-state index in [2.05, 4.69) is 11.9 Å². The standard InChI is InChI=1S/C8H15NO2/c1-3-7(2)6-9-5-4-8(10)11/h9H,2-6H2,1H3,(H,10,11). The van der Waals surface area contributed by atoms with Gasteiger partial charge in [-0.05, 0) is 6.42 Å². The molecule has 0 unspecified atom stereocenters. The van der Waals surface area contributed by atoms with Crippen LogP contribution in [0.15, 0.2) is 12.2 Å². The van der Waals surface area contributed by atoms with E-state index in [1.807, 2.05) is 6.92 Å². The van der Waals surface area contributed by atoms with Crippen molar-refractivity contribution >= 4 is 5.97 Å². The van der Waals surface area contributed by atoms with E-state index in [0.717, 1.165) is 18.5 Å². The second kappa shape index (κ2) is 5.92. The fourth-order valence-electron chi connectivity index (χ4n) is 0.585. The molecule has 0 rings (SSSR count). The Labute approximate surface area is 67.1 Å². The Balaban J connectivity index is 3.14. The van der Waals surface area contributed by atoms with Gasteiger partial charge in [0, 0.05) is 13.1 Å². The van der Waals surface area contributed by atoms with Crippen LogP contribution in [0.3, 0.4) is 0 Å². The molecule has 0 atom stereocenters. The highest BCUT2D eigenvalue weighted by Gasteiger charge is 1.95. The molecule has 0 amide bonds. The Hall–Kier alpha value is -0.830. The highest BCUT2D eigenvalue weighted by Crippen LogP contribution is 1.92. The van der Waals surface area contributed by atoms with Gasteiger partial charge in [-0.1, -0.05) is 19.1 Å². The molecule has 0 saturated heterocycles. The average molecular weight is 157 g/mol. The summed E-state index contributed by atoms with van der Waals surface area (Å²) >= 11 is 0. The lowest BCUT2D eigenvalue weighted by atomic mass is 10.2. The van der Waals surface area contributed by atoms with Gasteiger partial charge in [0.2, 0.25) is 0 Å². The van der Waals surface area contributed by atoms with Crippen molar-refractivity contribution in [2.45, 2.75) is 19.8 Å². The summed E-state index contributed by atoms with van der Waals surface area (Å²) in [6.45, 7) is 7.06. The number of carboxylic acids is 1. The van der Waals surface area contributed by atoms with Crippen molar-refractivity contribution in [2.75, 3.05) is 13.1 Å². The molecule has 0 aliphatic carbocycles. The van der Waals surface area contributed by atoms with E-state index in [0.29, 0.717) is 6.54 Å². The molecule has 0 aromatic rings. The molecule has 0 bridgehead atoms. The zero-order chi connectivity index (χ0) is 8.69. The van der Waals surface area contributed by atoms with Crippen molar-refractivity contribution in [1.82, 2.24) is 5.32 Å². The van der Waals surface area contributed by atoms with Crippen LogP contribution in [0, 0.1) is 0 Å². The molecule has 0 saturated carbocycles. The van der Waals surface area contributed by atoms with Crippen molar-refractivity contribution < 1.29 is 9.90 Å². The summed E-state index contributed by atoms with van der Waals surface area (Å²) in [4.78, 5) is 10.1. The smallest absolute Gasteiger partial charge is 0.304 e. The molecule has 3 heteroatoms. The summed E-state index contributed by atoms with van der Waals surface area (Å²) in [6, 6.07) is 0. The molecule has 0 heterocycles. The van der Waals surface area contributed by atoms with E-state index in [1.54, 1.807) is 0 Å². The molecular formula is C8H15NO2. The van der Waals surface area contributed by atoms with E-state index >= 15 is 0 Å². The van der Waals surface area contributed by atoms with E-state index in [1.165, 1.54) is 0 Å². The molecule has 0 aliphatic rings. The number of carboxylic acid groups (broad SMARTS) is 1. The Bertz CT molecular complexity index is 143. The van der Waals surface area contributed by atoms with Crippen LogP contribution in [0.4, 0.5) is 0 Å². The lowest BCUT2D eigenvalue weighted by molar-refractivity contribution is -0.136. The van der Waals surface area contributed by atoms with E-state index in [9.17, 15) is 4.79 Å². The van der Waals surface area contributed by atoms with Crippen LogP contribution in [-0.2, 0) is 4.79 Å². The number of rotatable bonds is 6. The second-order valence-electron chi connectivity index (χ2n) is 2.42. The van der Waals surface area contributed by atoms with Crippen LogP contribution in [-0.4, -0.2) is 24.2 Å². The summed E-state index contributed by atoms with van der Waals surface area (Å²) < 4.78 is 0. The third kappa shape index (κ3) is 7.06. The molecule has 11 heavy (non-hydrogen) atoms. The van der Waals surface area contributed by atoms with Gasteiger partial charge in [0.15, 0.2) is 0 Å². The summed E-state index contributed by atoms with van der Waals surface area (Å²) in [5, 5.41) is 11.3. The Morgan fingerprint density at radius 2 is 2.27 bits per heavy atom. The minimum Gasteiger partial charge on any atom is -0.481 e. The SMILES string of the molecule is C=C(CC)CNCCC(=O)O. The molecule has 0 aliphatic heterocycles. The van der Waals surface area contributed by atoms with Gasteiger partial charge < -0.3 is 10.4 Å². The largest absolute Gasteiger partial charge is 0.481 e. The minimum atomic E-state index is -0.764. The highest BCUT2D eigenvalue weighted by molar-refractivity contribution is 5.66. The first-order chi connectivity index (χ1) is 5.16.